The number of anilines is 2. The molecular weight excluding hydrogens is 380 g/mol. The van der Waals surface area contributed by atoms with Crippen LogP contribution in [-0.2, 0) is 21.2 Å². The summed E-state index contributed by atoms with van der Waals surface area (Å²) in [5.74, 6) is 0.627. The van der Waals surface area contributed by atoms with Crippen LogP contribution in [0, 0.1) is 0 Å². The van der Waals surface area contributed by atoms with Gasteiger partial charge in [-0.1, -0.05) is 0 Å². The first-order valence-electron chi connectivity index (χ1n) is 9.08. The van der Waals surface area contributed by atoms with E-state index in [4.69, 9.17) is 9.47 Å². The van der Waals surface area contributed by atoms with Crippen molar-refractivity contribution in [2.24, 2.45) is 0 Å². The molecule has 1 atom stereocenters. The highest BCUT2D eigenvalue weighted by atomic mass is 32.2. The number of sulfonamides is 1. The average Bonchev–Trinajstić information content (AvgIpc) is 2.94. The quantitative estimate of drug-likeness (QED) is 0.831. The molecule has 0 unspecified atom stereocenters. The minimum Gasteiger partial charge on any atom is -0.497 e. The van der Waals surface area contributed by atoms with Crippen molar-refractivity contribution in [1.29, 1.82) is 0 Å². The van der Waals surface area contributed by atoms with Crippen LogP contribution in [0.3, 0.4) is 0 Å². The molecule has 0 fully saturated rings. The summed E-state index contributed by atoms with van der Waals surface area (Å²) >= 11 is 0. The van der Waals surface area contributed by atoms with Gasteiger partial charge in [-0.3, -0.25) is 9.52 Å². The van der Waals surface area contributed by atoms with E-state index >= 15 is 0 Å². The molecule has 1 amide bonds. The first-order valence-corrected chi connectivity index (χ1v) is 10.6. The van der Waals surface area contributed by atoms with Crippen molar-refractivity contribution >= 4 is 27.3 Å². The summed E-state index contributed by atoms with van der Waals surface area (Å²) in [6.45, 7) is 2.52. The van der Waals surface area contributed by atoms with Gasteiger partial charge in [0.1, 0.15) is 11.5 Å². The van der Waals surface area contributed by atoms with E-state index in [2.05, 4.69) is 4.72 Å². The molecule has 8 heteroatoms. The Bertz CT molecular complexity index is 1060. The molecule has 2 aromatic rings. The van der Waals surface area contributed by atoms with Gasteiger partial charge in [0, 0.05) is 12.6 Å². The van der Waals surface area contributed by atoms with E-state index in [0.717, 1.165) is 29.7 Å². The third kappa shape index (κ3) is 2.88. The first kappa shape index (κ1) is 18.6. The lowest BCUT2D eigenvalue weighted by molar-refractivity contribution is -0.119. The zero-order chi connectivity index (χ0) is 20.1. The van der Waals surface area contributed by atoms with Gasteiger partial charge in [-0.05, 0) is 55.2 Å². The Labute approximate surface area is 164 Å². The van der Waals surface area contributed by atoms with Crippen LogP contribution < -0.4 is 19.1 Å². The number of ether oxygens (including phenoxy) is 2. The Morgan fingerprint density at radius 2 is 1.93 bits per heavy atom. The number of hydrogen-bond donors (Lipinski definition) is 1. The summed E-state index contributed by atoms with van der Waals surface area (Å²) in [5.41, 5.74) is 2.90. The fourth-order valence-corrected chi connectivity index (χ4v) is 5.06. The van der Waals surface area contributed by atoms with Crippen LogP contribution in [0.4, 0.5) is 11.4 Å². The molecule has 2 aliphatic rings. The number of carbonyl (C=O) groups excluding carboxylic acids is 1. The molecule has 0 radical (unpaired) electrons. The predicted octanol–water partition coefficient (Wildman–Crippen LogP) is 2.90. The average molecular weight is 402 g/mol. The number of nitrogens with zero attached hydrogens (tertiary/aromatic N) is 1. The molecule has 2 heterocycles. The smallest absolute Gasteiger partial charge is 0.262 e. The molecule has 0 bridgehead atoms. The van der Waals surface area contributed by atoms with Gasteiger partial charge in [0.25, 0.3) is 10.0 Å². The van der Waals surface area contributed by atoms with Crippen molar-refractivity contribution in [3.8, 4) is 11.5 Å². The number of aryl methyl sites for hydroxylation is 1. The number of nitrogens with one attached hydrogen (secondary N) is 1. The normalized spacial score (nSPS) is 18.0. The fourth-order valence-electron chi connectivity index (χ4n) is 3.91. The van der Waals surface area contributed by atoms with Crippen LogP contribution in [0.1, 0.15) is 30.4 Å². The van der Waals surface area contributed by atoms with E-state index < -0.39 is 10.0 Å². The molecule has 2 aromatic carbocycles. The summed E-state index contributed by atoms with van der Waals surface area (Å²) in [4.78, 5) is 14.4. The number of amides is 1. The lowest BCUT2D eigenvalue weighted by atomic mass is 9.97. The van der Waals surface area contributed by atoms with Gasteiger partial charge in [0.05, 0.1) is 36.4 Å². The van der Waals surface area contributed by atoms with Crippen molar-refractivity contribution in [3.05, 3.63) is 41.5 Å². The van der Waals surface area contributed by atoms with Gasteiger partial charge < -0.3 is 14.4 Å². The second-order valence-corrected chi connectivity index (χ2v) is 8.69. The maximum Gasteiger partial charge on any atom is 0.262 e. The van der Waals surface area contributed by atoms with Crippen LogP contribution in [0.5, 0.6) is 11.5 Å². The number of hydrogen-bond acceptors (Lipinski definition) is 5. The van der Waals surface area contributed by atoms with Gasteiger partial charge in [0.15, 0.2) is 0 Å². The molecule has 28 heavy (non-hydrogen) atoms. The molecule has 148 valence electrons. The van der Waals surface area contributed by atoms with Gasteiger partial charge in [0.2, 0.25) is 5.91 Å². The third-order valence-electron chi connectivity index (χ3n) is 5.36. The van der Waals surface area contributed by atoms with Gasteiger partial charge >= 0.3 is 0 Å². The Kier molecular flexibility index (Phi) is 4.45. The molecule has 2 aliphatic heterocycles. The molecule has 0 saturated carbocycles. The highest BCUT2D eigenvalue weighted by Crippen LogP contribution is 2.44. The monoisotopic (exact) mass is 402 g/mol. The van der Waals surface area contributed by atoms with Crippen LogP contribution in [0.15, 0.2) is 35.2 Å². The van der Waals surface area contributed by atoms with Crippen LogP contribution in [0.25, 0.3) is 0 Å². The Hall–Kier alpha value is -2.74. The molecule has 7 nitrogen and oxygen atoms in total. The van der Waals surface area contributed by atoms with E-state index in [1.807, 2.05) is 6.92 Å². The molecule has 1 N–H and O–H groups in total. The number of methoxy groups -OCH3 is 2. The zero-order valence-electron chi connectivity index (χ0n) is 16.0. The molecule has 0 aromatic heterocycles. The minimum absolute atomic E-state index is 0.0373. The maximum absolute atomic E-state index is 13.1. The minimum atomic E-state index is -3.85. The summed E-state index contributed by atoms with van der Waals surface area (Å²) in [6, 6.07) is 8.16. The number of carbonyl (C=O) groups is 1. The van der Waals surface area contributed by atoms with E-state index in [1.54, 1.807) is 35.2 Å². The number of rotatable bonds is 5. The first-order chi connectivity index (χ1) is 13.4. The van der Waals surface area contributed by atoms with Crippen molar-refractivity contribution in [2.45, 2.75) is 30.6 Å². The van der Waals surface area contributed by atoms with Crippen LogP contribution in [0.2, 0.25) is 0 Å². The fraction of sp³-hybridized carbons (Fsp3) is 0.350. The maximum atomic E-state index is 13.1. The Morgan fingerprint density at radius 3 is 2.64 bits per heavy atom. The SMILES string of the molecule is COc1ccc(NS(=O)(=O)c2cc3c4c(c2)[C@@H](C)C(=O)N4CCC3)c(OC)c1. The van der Waals surface area contributed by atoms with Gasteiger partial charge in [-0.25, -0.2) is 8.42 Å². The standard InChI is InChI=1S/C20H22N2O5S/c1-12-16-11-15(9-13-5-4-8-22(19(13)16)20(12)23)28(24,25)21-17-7-6-14(26-2)10-18(17)27-3/h6-7,9-12,21H,4-5,8H2,1-3H3/t12-/m1/s1. The largest absolute Gasteiger partial charge is 0.497 e. The molecule has 0 saturated heterocycles. The topological polar surface area (TPSA) is 84.9 Å². The molecular formula is C20H22N2O5S. The van der Waals surface area contributed by atoms with E-state index in [-0.39, 0.29) is 16.7 Å². The van der Waals surface area contributed by atoms with Crippen molar-refractivity contribution in [2.75, 3.05) is 30.4 Å². The summed E-state index contributed by atoms with van der Waals surface area (Å²) in [6.07, 6.45) is 1.59. The van der Waals surface area contributed by atoms with E-state index in [9.17, 15) is 13.2 Å². The Morgan fingerprint density at radius 1 is 1.14 bits per heavy atom. The van der Waals surface area contributed by atoms with Crippen molar-refractivity contribution in [3.63, 3.8) is 0 Å². The van der Waals surface area contributed by atoms with Crippen molar-refractivity contribution in [1.82, 2.24) is 0 Å². The summed E-state index contributed by atoms with van der Waals surface area (Å²) < 4.78 is 39.2. The summed E-state index contributed by atoms with van der Waals surface area (Å²) in [7, 11) is -0.860. The number of benzene rings is 2. The van der Waals surface area contributed by atoms with Crippen LogP contribution >= 0.6 is 0 Å². The lowest BCUT2D eigenvalue weighted by Crippen LogP contribution is -2.32. The Balaban J connectivity index is 1.75. The van der Waals surface area contributed by atoms with Gasteiger partial charge in [-0.2, -0.15) is 0 Å². The van der Waals surface area contributed by atoms with E-state index in [1.165, 1.54) is 14.2 Å². The summed E-state index contributed by atoms with van der Waals surface area (Å²) in [5, 5.41) is 0. The second-order valence-electron chi connectivity index (χ2n) is 7.01. The second kappa shape index (κ2) is 6.70. The highest BCUT2D eigenvalue weighted by molar-refractivity contribution is 7.92. The predicted molar refractivity (Wildman–Crippen MR) is 106 cm³/mol. The van der Waals surface area contributed by atoms with Crippen molar-refractivity contribution < 1.29 is 22.7 Å². The molecule has 0 aliphatic carbocycles. The zero-order valence-corrected chi connectivity index (χ0v) is 16.8. The molecule has 0 spiro atoms. The third-order valence-corrected chi connectivity index (χ3v) is 6.70. The van der Waals surface area contributed by atoms with E-state index in [0.29, 0.717) is 23.7 Å². The molecule has 4 rings (SSSR count). The lowest BCUT2D eigenvalue weighted by Gasteiger charge is -2.26. The van der Waals surface area contributed by atoms with Crippen LogP contribution in [-0.4, -0.2) is 35.1 Å². The van der Waals surface area contributed by atoms with Gasteiger partial charge in [-0.15, -0.1) is 0 Å². The highest BCUT2D eigenvalue weighted by Gasteiger charge is 2.38.